The van der Waals surface area contributed by atoms with Crippen molar-refractivity contribution in [2.24, 2.45) is 0 Å². The van der Waals surface area contributed by atoms with Crippen LogP contribution < -0.4 is 5.32 Å². The number of aromatic nitrogens is 2. The second kappa shape index (κ2) is 5.79. The largest absolute Gasteiger partial charge is 0.340 e. The summed E-state index contributed by atoms with van der Waals surface area (Å²) in [5.74, 6) is 0.291. The molecule has 2 N–H and O–H groups in total. The molecule has 2 aromatic carbocycles. The third-order valence-corrected chi connectivity index (χ3v) is 3.78. The molecule has 0 fully saturated rings. The molecule has 0 aliphatic rings. The molecule has 3 rings (SSSR count). The normalized spacial score (nSPS) is 10.6. The van der Waals surface area contributed by atoms with E-state index in [1.54, 1.807) is 12.4 Å². The van der Waals surface area contributed by atoms with Gasteiger partial charge in [0.25, 0.3) is 0 Å². The number of aromatic amines is 1. The molecule has 100 valence electrons. The molecule has 0 atom stereocenters. The van der Waals surface area contributed by atoms with Crippen molar-refractivity contribution >= 4 is 34.1 Å². The van der Waals surface area contributed by atoms with Crippen LogP contribution in [-0.2, 0) is 4.79 Å². The molecule has 0 unspecified atom stereocenters. The Morgan fingerprint density at radius 1 is 1.20 bits per heavy atom. The molecule has 0 spiro atoms. The minimum Gasteiger partial charge on any atom is -0.340 e. The number of nitrogens with zero attached hydrogens (tertiary/aromatic N) is 1. The van der Waals surface area contributed by atoms with Crippen molar-refractivity contribution in [2.45, 2.75) is 5.16 Å². The lowest BCUT2D eigenvalue weighted by Gasteiger charge is -2.08. The zero-order valence-corrected chi connectivity index (χ0v) is 11.5. The highest BCUT2D eigenvalue weighted by Gasteiger charge is 2.07. The number of hydrogen-bond donors (Lipinski definition) is 2. The Kier molecular flexibility index (Phi) is 3.69. The molecule has 0 aliphatic carbocycles. The van der Waals surface area contributed by atoms with Crippen LogP contribution in [0.1, 0.15) is 0 Å². The molecule has 1 amide bonds. The fourth-order valence-electron chi connectivity index (χ4n) is 1.98. The second-order valence-electron chi connectivity index (χ2n) is 4.26. The van der Waals surface area contributed by atoms with E-state index >= 15 is 0 Å². The van der Waals surface area contributed by atoms with Gasteiger partial charge in [-0.15, -0.1) is 0 Å². The number of fused-ring (bicyclic) bond motifs is 1. The van der Waals surface area contributed by atoms with Crippen molar-refractivity contribution in [3.05, 3.63) is 54.9 Å². The van der Waals surface area contributed by atoms with Crippen LogP contribution in [0.5, 0.6) is 0 Å². The minimum absolute atomic E-state index is 0.0391. The van der Waals surface area contributed by atoms with E-state index in [9.17, 15) is 4.79 Å². The summed E-state index contributed by atoms with van der Waals surface area (Å²) in [6.07, 6.45) is 3.41. The Morgan fingerprint density at radius 2 is 2.05 bits per heavy atom. The summed E-state index contributed by atoms with van der Waals surface area (Å²) >= 11 is 1.38. The summed E-state index contributed by atoms with van der Waals surface area (Å²) in [5, 5.41) is 5.86. The monoisotopic (exact) mass is 283 g/mol. The highest BCUT2D eigenvalue weighted by Crippen LogP contribution is 2.23. The van der Waals surface area contributed by atoms with Crippen LogP contribution in [0.2, 0.25) is 0 Å². The Balaban J connectivity index is 1.71. The molecular formula is C15H13N3OS. The van der Waals surface area contributed by atoms with E-state index in [0.29, 0.717) is 5.75 Å². The maximum atomic E-state index is 12.0. The standard InChI is InChI=1S/C15H13N3OS/c19-14(10-20-15-16-8-9-17-15)18-13-7-3-5-11-4-1-2-6-12(11)13/h1-9H,10H2,(H,16,17)(H,18,19). The number of nitrogens with one attached hydrogen (secondary N) is 2. The fraction of sp³-hybridized carbons (Fsp3) is 0.0667. The lowest BCUT2D eigenvalue weighted by molar-refractivity contribution is -0.113. The smallest absolute Gasteiger partial charge is 0.234 e. The molecule has 0 bridgehead atoms. The number of carbonyl (C=O) groups is 1. The molecule has 0 saturated heterocycles. The molecule has 3 aromatic rings. The van der Waals surface area contributed by atoms with Gasteiger partial charge < -0.3 is 10.3 Å². The second-order valence-corrected chi connectivity index (χ2v) is 5.22. The van der Waals surface area contributed by atoms with Gasteiger partial charge in [0.2, 0.25) is 5.91 Å². The van der Waals surface area contributed by atoms with E-state index in [2.05, 4.69) is 15.3 Å². The zero-order chi connectivity index (χ0) is 13.8. The van der Waals surface area contributed by atoms with E-state index in [0.717, 1.165) is 21.6 Å². The van der Waals surface area contributed by atoms with Crippen molar-refractivity contribution in [3.8, 4) is 0 Å². The average Bonchev–Trinajstić information content (AvgIpc) is 2.99. The van der Waals surface area contributed by atoms with Crippen molar-refractivity contribution in [1.82, 2.24) is 9.97 Å². The van der Waals surface area contributed by atoms with Crippen LogP contribution in [0.15, 0.2) is 60.0 Å². The Labute approximate surface area is 120 Å². The predicted octanol–water partition coefficient (Wildman–Crippen LogP) is 3.29. The average molecular weight is 283 g/mol. The van der Waals surface area contributed by atoms with E-state index in [1.165, 1.54) is 11.8 Å². The lowest BCUT2D eigenvalue weighted by Crippen LogP contribution is -2.14. The van der Waals surface area contributed by atoms with Gasteiger partial charge in [0.15, 0.2) is 5.16 Å². The Morgan fingerprint density at radius 3 is 2.90 bits per heavy atom. The first-order valence-corrected chi connectivity index (χ1v) is 7.21. The maximum absolute atomic E-state index is 12.0. The minimum atomic E-state index is -0.0391. The van der Waals surface area contributed by atoms with Crippen molar-refractivity contribution in [2.75, 3.05) is 11.1 Å². The van der Waals surface area contributed by atoms with Crippen LogP contribution in [-0.4, -0.2) is 21.6 Å². The lowest BCUT2D eigenvalue weighted by atomic mass is 10.1. The highest BCUT2D eigenvalue weighted by atomic mass is 32.2. The van der Waals surface area contributed by atoms with Crippen molar-refractivity contribution in [1.29, 1.82) is 0 Å². The number of amides is 1. The van der Waals surface area contributed by atoms with Crippen LogP contribution in [0.25, 0.3) is 10.8 Å². The number of imidazole rings is 1. The molecule has 0 saturated carbocycles. The molecular weight excluding hydrogens is 270 g/mol. The Bertz CT molecular complexity index is 720. The molecule has 5 heteroatoms. The van der Waals surface area contributed by atoms with Gasteiger partial charge in [0, 0.05) is 23.5 Å². The van der Waals surface area contributed by atoms with Crippen LogP contribution in [0, 0.1) is 0 Å². The number of H-pyrrole nitrogens is 1. The summed E-state index contributed by atoms with van der Waals surface area (Å²) in [6.45, 7) is 0. The number of rotatable bonds is 4. The van der Waals surface area contributed by atoms with Gasteiger partial charge in [-0.1, -0.05) is 48.2 Å². The van der Waals surface area contributed by atoms with Crippen molar-refractivity contribution < 1.29 is 4.79 Å². The molecule has 0 radical (unpaired) electrons. The topological polar surface area (TPSA) is 57.8 Å². The van der Waals surface area contributed by atoms with E-state index in [1.807, 2.05) is 42.5 Å². The number of thioether (sulfide) groups is 1. The highest BCUT2D eigenvalue weighted by molar-refractivity contribution is 7.99. The van der Waals surface area contributed by atoms with Gasteiger partial charge in [-0.3, -0.25) is 4.79 Å². The Hall–Kier alpha value is -2.27. The molecule has 20 heavy (non-hydrogen) atoms. The van der Waals surface area contributed by atoms with E-state index in [4.69, 9.17) is 0 Å². The third kappa shape index (κ3) is 2.83. The molecule has 1 aromatic heterocycles. The number of hydrogen-bond acceptors (Lipinski definition) is 3. The van der Waals surface area contributed by atoms with Gasteiger partial charge in [-0.05, 0) is 11.5 Å². The van der Waals surface area contributed by atoms with Gasteiger partial charge >= 0.3 is 0 Å². The summed E-state index contributed by atoms with van der Waals surface area (Å²) in [5.41, 5.74) is 0.841. The first-order valence-electron chi connectivity index (χ1n) is 6.23. The predicted molar refractivity (Wildman–Crippen MR) is 81.9 cm³/mol. The van der Waals surface area contributed by atoms with Gasteiger partial charge in [0.05, 0.1) is 5.75 Å². The molecule has 0 aliphatic heterocycles. The maximum Gasteiger partial charge on any atom is 0.234 e. The summed E-state index contributed by atoms with van der Waals surface area (Å²) in [7, 11) is 0. The van der Waals surface area contributed by atoms with Crippen LogP contribution in [0.3, 0.4) is 0 Å². The molecule has 1 heterocycles. The van der Waals surface area contributed by atoms with Gasteiger partial charge in [0.1, 0.15) is 0 Å². The fourth-order valence-corrected chi connectivity index (χ4v) is 2.61. The number of carbonyl (C=O) groups excluding carboxylic acids is 1. The third-order valence-electron chi connectivity index (χ3n) is 2.88. The summed E-state index contributed by atoms with van der Waals surface area (Å²) in [6, 6.07) is 13.9. The summed E-state index contributed by atoms with van der Waals surface area (Å²) < 4.78 is 0. The quantitative estimate of drug-likeness (QED) is 0.722. The van der Waals surface area contributed by atoms with Crippen LogP contribution in [0.4, 0.5) is 5.69 Å². The number of anilines is 1. The number of benzene rings is 2. The van der Waals surface area contributed by atoms with Gasteiger partial charge in [-0.2, -0.15) is 0 Å². The van der Waals surface area contributed by atoms with Gasteiger partial charge in [-0.25, -0.2) is 4.98 Å². The first kappa shape index (κ1) is 12.7. The van der Waals surface area contributed by atoms with E-state index in [-0.39, 0.29) is 5.91 Å². The van der Waals surface area contributed by atoms with E-state index < -0.39 is 0 Å². The first-order chi connectivity index (χ1) is 9.83. The zero-order valence-electron chi connectivity index (χ0n) is 10.7. The summed E-state index contributed by atoms with van der Waals surface area (Å²) in [4.78, 5) is 19.0. The van der Waals surface area contributed by atoms with Crippen LogP contribution >= 0.6 is 11.8 Å². The molecule has 4 nitrogen and oxygen atoms in total. The van der Waals surface area contributed by atoms with Crippen molar-refractivity contribution in [3.63, 3.8) is 0 Å². The SMILES string of the molecule is O=C(CSc1ncc[nH]1)Nc1cccc2ccccc12.